The van der Waals surface area contributed by atoms with E-state index < -0.39 is 10.8 Å². The number of aliphatic hydroxyl groups is 1. The van der Waals surface area contributed by atoms with Crippen LogP contribution in [0.15, 0.2) is 35.2 Å². The lowest BCUT2D eigenvalue weighted by Crippen LogP contribution is -2.48. The predicted octanol–water partition coefficient (Wildman–Crippen LogP) is 4.11. The maximum absolute atomic E-state index is 12.5. The fourth-order valence-corrected chi connectivity index (χ4v) is 6.03. The van der Waals surface area contributed by atoms with Crippen LogP contribution in [0.3, 0.4) is 0 Å². The molecule has 1 saturated heterocycles. The first-order chi connectivity index (χ1) is 14.5. The lowest BCUT2D eigenvalue weighted by Gasteiger charge is -2.42. The number of aromatic nitrogens is 1. The second-order valence-electron chi connectivity index (χ2n) is 9.01. The minimum atomic E-state index is -1.13. The number of anilines is 2. The Labute approximate surface area is 185 Å². The molecule has 2 unspecified atom stereocenters. The van der Waals surface area contributed by atoms with Crippen molar-refractivity contribution in [2.24, 2.45) is 0 Å². The zero-order valence-corrected chi connectivity index (χ0v) is 18.8. The number of fused-ring (bicyclic) bond motifs is 3. The van der Waals surface area contributed by atoms with Crippen LogP contribution in [0.2, 0.25) is 5.02 Å². The molecule has 0 spiro atoms. The van der Waals surface area contributed by atoms with E-state index >= 15 is 0 Å². The first kappa shape index (κ1) is 20.3. The Morgan fingerprint density at radius 1 is 1.33 bits per heavy atom. The van der Waals surface area contributed by atoms with Gasteiger partial charge in [0.1, 0.15) is 11.6 Å². The van der Waals surface area contributed by atoms with Crippen LogP contribution in [0.1, 0.15) is 49.1 Å². The van der Waals surface area contributed by atoms with Gasteiger partial charge in [-0.3, -0.25) is 4.21 Å². The molecule has 5 rings (SSSR count). The van der Waals surface area contributed by atoms with Gasteiger partial charge in [0.05, 0.1) is 27.8 Å². The fourth-order valence-electron chi connectivity index (χ4n) is 5.22. The van der Waals surface area contributed by atoms with Crippen LogP contribution in [-0.2, 0) is 17.2 Å². The van der Waals surface area contributed by atoms with Gasteiger partial charge in [-0.1, -0.05) is 23.7 Å². The molecule has 0 radical (unpaired) electrons. The first-order valence-corrected chi connectivity index (χ1v) is 12.7. The summed E-state index contributed by atoms with van der Waals surface area (Å²) in [5.41, 5.74) is 2.24. The molecule has 1 aromatic carbocycles. The average Bonchev–Trinajstić information content (AvgIpc) is 3.07. The van der Waals surface area contributed by atoms with E-state index in [9.17, 15) is 9.32 Å². The summed E-state index contributed by atoms with van der Waals surface area (Å²) >= 11 is 6.06. The molecular formula is C23H28ClN3O2S. The molecule has 7 heteroatoms. The van der Waals surface area contributed by atoms with Gasteiger partial charge in [0.25, 0.3) is 0 Å². The number of rotatable bonds is 5. The number of hydrogen-bond acceptors (Lipinski definition) is 5. The van der Waals surface area contributed by atoms with Crippen molar-refractivity contribution in [2.45, 2.75) is 60.9 Å². The summed E-state index contributed by atoms with van der Waals surface area (Å²) in [5.74, 6) is 2.24. The molecule has 1 saturated carbocycles. The van der Waals surface area contributed by atoms with E-state index in [1.165, 1.54) is 11.1 Å². The molecule has 2 N–H and O–H groups in total. The van der Waals surface area contributed by atoms with Crippen molar-refractivity contribution in [3.63, 3.8) is 0 Å². The lowest BCUT2D eigenvalue weighted by molar-refractivity contribution is 0.143. The molecule has 3 atom stereocenters. The molecule has 160 valence electrons. The highest BCUT2D eigenvalue weighted by Crippen LogP contribution is 2.43. The third-order valence-corrected chi connectivity index (χ3v) is 8.32. The van der Waals surface area contributed by atoms with Crippen LogP contribution in [-0.4, -0.2) is 45.3 Å². The molecule has 1 aromatic heterocycles. The molecular weight excluding hydrogens is 418 g/mol. The van der Waals surface area contributed by atoms with Crippen LogP contribution >= 0.6 is 11.6 Å². The van der Waals surface area contributed by atoms with Crippen molar-refractivity contribution in [1.29, 1.82) is 0 Å². The maximum atomic E-state index is 12.5. The molecule has 2 aliphatic heterocycles. The third-order valence-electron chi connectivity index (χ3n) is 7.14. The van der Waals surface area contributed by atoms with Crippen molar-refractivity contribution >= 4 is 34.0 Å². The zero-order chi connectivity index (χ0) is 20.9. The highest BCUT2D eigenvalue weighted by molar-refractivity contribution is 7.84. The second-order valence-corrected chi connectivity index (χ2v) is 10.8. The van der Waals surface area contributed by atoms with Crippen molar-refractivity contribution in [3.8, 4) is 0 Å². The highest BCUT2D eigenvalue weighted by Gasteiger charge is 2.40. The Bertz CT molecular complexity index is 972. The Morgan fingerprint density at radius 3 is 2.73 bits per heavy atom. The van der Waals surface area contributed by atoms with Gasteiger partial charge in [0.15, 0.2) is 0 Å². The monoisotopic (exact) mass is 445 g/mol. The van der Waals surface area contributed by atoms with E-state index in [0.29, 0.717) is 17.8 Å². The molecule has 0 amide bonds. The zero-order valence-electron chi connectivity index (χ0n) is 17.2. The molecule has 5 nitrogen and oxygen atoms in total. The normalized spacial score (nSPS) is 25.2. The van der Waals surface area contributed by atoms with Gasteiger partial charge in [0.2, 0.25) is 0 Å². The van der Waals surface area contributed by atoms with Crippen LogP contribution in [0, 0.1) is 0 Å². The van der Waals surface area contributed by atoms with E-state index in [4.69, 9.17) is 16.6 Å². The summed E-state index contributed by atoms with van der Waals surface area (Å²) in [6, 6.07) is 10.8. The van der Waals surface area contributed by atoms with E-state index in [1.54, 1.807) is 6.26 Å². The summed E-state index contributed by atoms with van der Waals surface area (Å²) in [6.07, 6.45) is 7.78. The standard InChI is InChI=1S/C23H28ClN3O2S/c1-30(29)20-13-17-12-19-11-16(15-3-5-18(24)6-4-15)7-10-27(19)22(17)25-21(20)26-23(14-28)8-2-9-23/h3-6,13,16,19,28H,2,7-12,14H2,1H3,(H,25,26)/t16?,19?,30-/m1/s1. The number of aliphatic hydroxyl groups excluding tert-OH is 1. The maximum Gasteiger partial charge on any atom is 0.145 e. The molecule has 3 aliphatic rings. The fraction of sp³-hybridized carbons (Fsp3) is 0.522. The number of hydrogen-bond donors (Lipinski definition) is 2. The number of benzene rings is 1. The van der Waals surface area contributed by atoms with Gasteiger partial charge in [0, 0.05) is 23.9 Å². The van der Waals surface area contributed by atoms with Crippen molar-refractivity contribution in [2.75, 3.05) is 29.6 Å². The van der Waals surface area contributed by atoms with Crippen molar-refractivity contribution < 1.29 is 9.32 Å². The largest absolute Gasteiger partial charge is 0.394 e. The van der Waals surface area contributed by atoms with E-state index in [-0.39, 0.29) is 12.1 Å². The Hall–Kier alpha value is -1.63. The van der Waals surface area contributed by atoms with Crippen molar-refractivity contribution in [1.82, 2.24) is 4.98 Å². The molecule has 1 aliphatic carbocycles. The van der Waals surface area contributed by atoms with E-state index in [1.807, 2.05) is 12.1 Å². The van der Waals surface area contributed by atoms with Gasteiger partial charge in [-0.2, -0.15) is 0 Å². The highest BCUT2D eigenvalue weighted by atomic mass is 35.5. The predicted molar refractivity (Wildman–Crippen MR) is 122 cm³/mol. The summed E-state index contributed by atoms with van der Waals surface area (Å²) in [5, 5.41) is 14.1. The van der Waals surface area contributed by atoms with Crippen LogP contribution < -0.4 is 10.2 Å². The molecule has 2 fully saturated rings. The molecule has 3 heterocycles. The number of pyridine rings is 1. The lowest BCUT2D eigenvalue weighted by atomic mass is 9.77. The molecule has 0 bridgehead atoms. The minimum absolute atomic E-state index is 0.0800. The van der Waals surface area contributed by atoms with Gasteiger partial charge in [-0.15, -0.1) is 0 Å². The van der Waals surface area contributed by atoms with Gasteiger partial charge >= 0.3 is 0 Å². The van der Waals surface area contributed by atoms with Crippen LogP contribution in [0.25, 0.3) is 0 Å². The van der Waals surface area contributed by atoms with Crippen LogP contribution in [0.4, 0.5) is 11.6 Å². The van der Waals surface area contributed by atoms with E-state index in [0.717, 1.165) is 60.8 Å². The van der Waals surface area contributed by atoms with Gasteiger partial charge in [-0.05, 0) is 73.8 Å². The minimum Gasteiger partial charge on any atom is -0.394 e. The summed E-state index contributed by atoms with van der Waals surface area (Å²) in [6.45, 7) is 1.05. The SMILES string of the molecule is C[S@@](=O)c1cc2c(nc1NC1(CO)CCC1)N1CCC(c3ccc(Cl)cc3)CC1C2. The second kappa shape index (κ2) is 7.81. The van der Waals surface area contributed by atoms with E-state index in [2.05, 4.69) is 28.4 Å². The number of nitrogens with one attached hydrogen (secondary N) is 1. The molecule has 30 heavy (non-hydrogen) atoms. The Balaban J connectivity index is 1.41. The smallest absolute Gasteiger partial charge is 0.145 e. The number of piperidine rings is 1. The summed E-state index contributed by atoms with van der Waals surface area (Å²) < 4.78 is 12.5. The Morgan fingerprint density at radius 2 is 2.10 bits per heavy atom. The number of halogens is 1. The average molecular weight is 446 g/mol. The summed E-state index contributed by atoms with van der Waals surface area (Å²) in [7, 11) is -1.13. The summed E-state index contributed by atoms with van der Waals surface area (Å²) in [4.78, 5) is 8.16. The Kier molecular flexibility index (Phi) is 5.28. The van der Waals surface area contributed by atoms with Crippen LogP contribution in [0.5, 0.6) is 0 Å². The van der Waals surface area contributed by atoms with Gasteiger partial charge < -0.3 is 15.3 Å². The third kappa shape index (κ3) is 3.53. The van der Waals surface area contributed by atoms with Gasteiger partial charge in [-0.25, -0.2) is 4.98 Å². The topological polar surface area (TPSA) is 65.5 Å². The molecule has 2 aromatic rings. The quantitative estimate of drug-likeness (QED) is 0.725. The number of nitrogens with zero attached hydrogens (tertiary/aromatic N) is 2. The first-order valence-electron chi connectivity index (χ1n) is 10.8. The van der Waals surface area contributed by atoms with Crippen molar-refractivity contribution in [3.05, 3.63) is 46.5 Å².